The fraction of sp³-hybridized carbons (Fsp3) is 0.769. The van der Waals surface area contributed by atoms with Crippen molar-refractivity contribution >= 4 is 5.97 Å². The van der Waals surface area contributed by atoms with E-state index in [2.05, 4.69) is 27.4 Å². The Morgan fingerprint density at radius 1 is 1.50 bits per heavy atom. The maximum Gasteiger partial charge on any atom is 0.333 e. The number of carbonyl (C=O) groups excluding carboxylic acids is 1. The van der Waals surface area contributed by atoms with Crippen molar-refractivity contribution in [2.24, 2.45) is 17.1 Å². The molecule has 3 unspecified atom stereocenters. The second-order valence-electron chi connectivity index (χ2n) is 5.77. The van der Waals surface area contributed by atoms with Crippen molar-refractivity contribution in [1.82, 2.24) is 0 Å². The zero-order valence-corrected chi connectivity index (χ0v) is 10.7. The molecule has 1 fully saturated rings. The van der Waals surface area contributed by atoms with Gasteiger partial charge in [0.15, 0.2) is 0 Å². The third-order valence-electron chi connectivity index (χ3n) is 3.33. The van der Waals surface area contributed by atoms with Gasteiger partial charge in [0.1, 0.15) is 6.10 Å². The minimum Gasteiger partial charge on any atom is -0.458 e. The number of rotatable bonds is 2. The third-order valence-corrected chi connectivity index (χ3v) is 3.33. The van der Waals surface area contributed by atoms with Crippen LogP contribution in [0.5, 0.6) is 0 Å². The van der Waals surface area contributed by atoms with Crippen LogP contribution in [0.15, 0.2) is 12.2 Å². The fourth-order valence-corrected chi connectivity index (χ4v) is 2.74. The molecule has 1 aliphatic rings. The van der Waals surface area contributed by atoms with Crippen LogP contribution in [-0.4, -0.2) is 18.1 Å². The Morgan fingerprint density at radius 3 is 2.50 bits per heavy atom. The molecule has 0 amide bonds. The van der Waals surface area contributed by atoms with Crippen molar-refractivity contribution in [3.05, 3.63) is 12.2 Å². The van der Waals surface area contributed by atoms with Gasteiger partial charge in [0.05, 0.1) is 0 Å². The average molecular weight is 225 g/mol. The van der Waals surface area contributed by atoms with Gasteiger partial charge in [-0.15, -0.1) is 0 Å². The van der Waals surface area contributed by atoms with Gasteiger partial charge in [-0.1, -0.05) is 27.4 Å². The Hall–Kier alpha value is -0.830. The predicted molar refractivity (Wildman–Crippen MR) is 64.8 cm³/mol. The van der Waals surface area contributed by atoms with Crippen LogP contribution in [-0.2, 0) is 9.53 Å². The molecule has 3 nitrogen and oxygen atoms in total. The summed E-state index contributed by atoms with van der Waals surface area (Å²) < 4.78 is 5.53. The van der Waals surface area contributed by atoms with Gasteiger partial charge in [0, 0.05) is 17.0 Å². The first kappa shape index (κ1) is 13.2. The van der Waals surface area contributed by atoms with E-state index in [0.717, 1.165) is 12.8 Å². The van der Waals surface area contributed by atoms with Crippen LogP contribution in [0.1, 0.15) is 40.5 Å². The third kappa shape index (κ3) is 2.85. The Bertz CT molecular complexity index is 296. The molecule has 1 aliphatic carbocycles. The van der Waals surface area contributed by atoms with Gasteiger partial charge < -0.3 is 10.5 Å². The number of hydrogen-bond acceptors (Lipinski definition) is 3. The minimum atomic E-state index is -0.291. The molecule has 0 aromatic carbocycles. The maximum atomic E-state index is 11.6. The van der Waals surface area contributed by atoms with E-state index in [9.17, 15) is 4.79 Å². The van der Waals surface area contributed by atoms with Gasteiger partial charge in [-0.25, -0.2) is 4.79 Å². The van der Waals surface area contributed by atoms with Gasteiger partial charge in [0.25, 0.3) is 0 Å². The van der Waals surface area contributed by atoms with Crippen molar-refractivity contribution in [1.29, 1.82) is 0 Å². The number of esters is 1. The molecule has 16 heavy (non-hydrogen) atoms. The molecule has 1 rings (SSSR count). The van der Waals surface area contributed by atoms with Crippen molar-refractivity contribution in [2.75, 3.05) is 0 Å². The molecule has 0 spiro atoms. The molecular formula is C13H23NO2. The van der Waals surface area contributed by atoms with Crippen molar-refractivity contribution in [3.8, 4) is 0 Å². The Labute approximate surface area is 98.0 Å². The number of hydrogen-bond donors (Lipinski definition) is 1. The predicted octanol–water partition coefficient (Wildman–Crippen LogP) is 2.26. The fourth-order valence-electron chi connectivity index (χ4n) is 2.74. The first-order chi connectivity index (χ1) is 7.24. The number of ether oxygens (including phenoxy) is 1. The van der Waals surface area contributed by atoms with E-state index in [1.807, 2.05) is 0 Å². The summed E-state index contributed by atoms with van der Waals surface area (Å²) in [6.45, 7) is 11.6. The molecule has 0 bridgehead atoms. The van der Waals surface area contributed by atoms with Gasteiger partial charge in [-0.3, -0.25) is 0 Å². The van der Waals surface area contributed by atoms with E-state index < -0.39 is 0 Å². The van der Waals surface area contributed by atoms with Crippen LogP contribution in [0.2, 0.25) is 0 Å². The van der Waals surface area contributed by atoms with Crippen LogP contribution in [0.3, 0.4) is 0 Å². The normalized spacial score (nSPS) is 33.2. The Balaban J connectivity index is 2.77. The molecule has 92 valence electrons. The maximum absolute atomic E-state index is 11.6. The smallest absolute Gasteiger partial charge is 0.333 e. The molecule has 0 saturated heterocycles. The topological polar surface area (TPSA) is 52.3 Å². The molecule has 0 radical (unpaired) electrons. The lowest BCUT2D eigenvalue weighted by Crippen LogP contribution is -2.48. The minimum absolute atomic E-state index is 0.0534. The highest BCUT2D eigenvalue weighted by molar-refractivity contribution is 5.87. The summed E-state index contributed by atoms with van der Waals surface area (Å²) in [4.78, 5) is 11.6. The summed E-state index contributed by atoms with van der Waals surface area (Å²) in [5, 5.41) is 0. The lowest BCUT2D eigenvalue weighted by atomic mass is 9.68. The summed E-state index contributed by atoms with van der Waals surface area (Å²) >= 11 is 0. The van der Waals surface area contributed by atoms with Gasteiger partial charge >= 0.3 is 5.97 Å². The number of carbonyl (C=O) groups is 1. The van der Waals surface area contributed by atoms with Crippen LogP contribution >= 0.6 is 0 Å². The Morgan fingerprint density at radius 2 is 2.06 bits per heavy atom. The quantitative estimate of drug-likeness (QED) is 0.579. The molecule has 2 N–H and O–H groups in total. The monoisotopic (exact) mass is 225 g/mol. The standard InChI is InChI=1S/C13H23NO2/c1-8(2)12(15)16-11-9(3)6-10(14)7-13(11,4)5/h9-11H,1,6-7,14H2,2-5H3. The van der Waals surface area contributed by atoms with Crippen molar-refractivity contribution in [3.63, 3.8) is 0 Å². The summed E-state index contributed by atoms with van der Waals surface area (Å²) in [6.07, 6.45) is 1.75. The van der Waals surface area contributed by atoms with E-state index in [0.29, 0.717) is 11.5 Å². The van der Waals surface area contributed by atoms with Crippen LogP contribution in [0.4, 0.5) is 0 Å². The summed E-state index contributed by atoms with van der Waals surface area (Å²) in [6, 6.07) is 0.213. The first-order valence-corrected chi connectivity index (χ1v) is 5.86. The van der Waals surface area contributed by atoms with Crippen LogP contribution in [0, 0.1) is 11.3 Å². The summed E-state index contributed by atoms with van der Waals surface area (Å²) in [7, 11) is 0. The van der Waals surface area contributed by atoms with E-state index in [-0.39, 0.29) is 23.5 Å². The SMILES string of the molecule is C=C(C)C(=O)OC1C(C)CC(N)CC1(C)C. The van der Waals surface area contributed by atoms with Gasteiger partial charge in [-0.05, 0) is 25.7 Å². The second kappa shape index (κ2) is 4.58. The lowest BCUT2D eigenvalue weighted by Gasteiger charge is -2.44. The highest BCUT2D eigenvalue weighted by Gasteiger charge is 2.42. The highest BCUT2D eigenvalue weighted by atomic mass is 16.5. The molecule has 3 atom stereocenters. The van der Waals surface area contributed by atoms with E-state index in [1.165, 1.54) is 0 Å². The van der Waals surface area contributed by atoms with Crippen molar-refractivity contribution < 1.29 is 9.53 Å². The lowest BCUT2D eigenvalue weighted by molar-refractivity contribution is -0.158. The first-order valence-electron chi connectivity index (χ1n) is 5.86. The molecule has 0 aromatic rings. The van der Waals surface area contributed by atoms with Crippen LogP contribution in [0.25, 0.3) is 0 Å². The molecule has 3 heteroatoms. The largest absolute Gasteiger partial charge is 0.458 e. The second-order valence-corrected chi connectivity index (χ2v) is 5.77. The molecule has 0 aliphatic heterocycles. The van der Waals surface area contributed by atoms with Crippen LogP contribution < -0.4 is 5.73 Å². The average Bonchev–Trinajstić information content (AvgIpc) is 2.09. The zero-order chi connectivity index (χ0) is 12.5. The summed E-state index contributed by atoms with van der Waals surface area (Å²) in [5.74, 6) is 0.0162. The molecular weight excluding hydrogens is 202 g/mol. The van der Waals surface area contributed by atoms with Gasteiger partial charge in [-0.2, -0.15) is 0 Å². The molecule has 0 heterocycles. The molecule has 0 aromatic heterocycles. The zero-order valence-electron chi connectivity index (χ0n) is 10.7. The van der Waals surface area contributed by atoms with E-state index >= 15 is 0 Å². The highest BCUT2D eigenvalue weighted by Crippen LogP contribution is 2.40. The Kier molecular flexibility index (Phi) is 3.79. The summed E-state index contributed by atoms with van der Waals surface area (Å²) in [5.41, 5.74) is 6.40. The molecule has 1 saturated carbocycles. The van der Waals surface area contributed by atoms with Gasteiger partial charge in [0.2, 0.25) is 0 Å². The van der Waals surface area contributed by atoms with E-state index in [1.54, 1.807) is 6.92 Å². The van der Waals surface area contributed by atoms with Crippen molar-refractivity contribution in [2.45, 2.75) is 52.7 Å². The number of nitrogens with two attached hydrogens (primary N) is 1. The van der Waals surface area contributed by atoms with E-state index in [4.69, 9.17) is 10.5 Å².